The number of amides is 1. The Morgan fingerprint density at radius 1 is 1.33 bits per heavy atom. The van der Waals surface area contributed by atoms with Crippen LogP contribution in [0.5, 0.6) is 0 Å². The van der Waals surface area contributed by atoms with Crippen molar-refractivity contribution < 1.29 is 4.79 Å². The first-order chi connectivity index (χ1) is 8.68. The number of carbonyl (C=O) groups excluding carboxylic acids is 1. The average molecular weight is 244 g/mol. The molecule has 0 radical (unpaired) electrons. The first-order valence-corrected chi connectivity index (χ1v) is 4.96. The molecular formula is C9H8N8O. The number of imidazole rings is 1. The zero-order valence-corrected chi connectivity index (χ0v) is 9.03. The van der Waals surface area contributed by atoms with Crippen LogP contribution in [0.4, 0.5) is 5.82 Å². The number of nitrogen functional groups attached to an aromatic ring is 1. The van der Waals surface area contributed by atoms with Gasteiger partial charge in [0, 0.05) is 0 Å². The molecule has 3 heterocycles. The monoisotopic (exact) mass is 244 g/mol. The van der Waals surface area contributed by atoms with Crippen molar-refractivity contribution >= 4 is 22.9 Å². The van der Waals surface area contributed by atoms with Crippen LogP contribution in [0, 0.1) is 0 Å². The predicted molar refractivity (Wildman–Crippen MR) is 61.7 cm³/mol. The van der Waals surface area contributed by atoms with E-state index in [0.717, 1.165) is 0 Å². The van der Waals surface area contributed by atoms with Crippen molar-refractivity contribution in [2.24, 2.45) is 5.73 Å². The number of hydrogen-bond acceptors (Lipinski definition) is 6. The minimum atomic E-state index is -0.645. The van der Waals surface area contributed by atoms with Gasteiger partial charge in [0.1, 0.15) is 23.2 Å². The molecule has 3 aromatic heterocycles. The summed E-state index contributed by atoms with van der Waals surface area (Å²) >= 11 is 0. The molecule has 0 atom stereocenters. The highest BCUT2D eigenvalue weighted by Gasteiger charge is 2.16. The maximum absolute atomic E-state index is 11.1. The lowest BCUT2D eigenvalue weighted by molar-refractivity contribution is 0.100. The Labute approximate surface area is 99.9 Å². The Kier molecular flexibility index (Phi) is 1.99. The van der Waals surface area contributed by atoms with E-state index in [4.69, 9.17) is 11.5 Å². The molecular weight excluding hydrogens is 236 g/mol. The summed E-state index contributed by atoms with van der Waals surface area (Å²) in [5, 5.41) is 3.99. The van der Waals surface area contributed by atoms with Crippen molar-refractivity contribution in [2.45, 2.75) is 0 Å². The van der Waals surface area contributed by atoms with Crippen LogP contribution in [0.1, 0.15) is 10.4 Å². The molecule has 9 heteroatoms. The fourth-order valence-electron chi connectivity index (χ4n) is 1.63. The fraction of sp³-hybridized carbons (Fsp3) is 0. The zero-order chi connectivity index (χ0) is 12.7. The van der Waals surface area contributed by atoms with Gasteiger partial charge in [0.2, 0.25) is 0 Å². The Hall–Kier alpha value is -2.97. The van der Waals surface area contributed by atoms with E-state index in [0.29, 0.717) is 17.0 Å². The number of H-pyrrole nitrogens is 1. The summed E-state index contributed by atoms with van der Waals surface area (Å²) in [7, 11) is 0. The van der Waals surface area contributed by atoms with Crippen LogP contribution in [-0.2, 0) is 0 Å². The van der Waals surface area contributed by atoms with Crippen LogP contribution in [0.3, 0.4) is 0 Å². The number of carbonyl (C=O) groups is 1. The quantitative estimate of drug-likeness (QED) is 0.539. The highest BCUT2D eigenvalue weighted by atomic mass is 16.1. The molecule has 0 saturated heterocycles. The molecule has 5 N–H and O–H groups in total. The molecule has 0 fully saturated rings. The molecule has 0 bridgehead atoms. The number of fused-ring (bicyclic) bond motifs is 1. The molecule has 0 spiro atoms. The lowest BCUT2D eigenvalue weighted by Gasteiger charge is -2.03. The van der Waals surface area contributed by atoms with Gasteiger partial charge >= 0.3 is 0 Å². The Morgan fingerprint density at radius 2 is 2.17 bits per heavy atom. The van der Waals surface area contributed by atoms with Gasteiger partial charge in [-0.1, -0.05) is 0 Å². The summed E-state index contributed by atoms with van der Waals surface area (Å²) in [4.78, 5) is 26.0. The minimum absolute atomic E-state index is 0.122. The van der Waals surface area contributed by atoms with Crippen molar-refractivity contribution in [3.63, 3.8) is 0 Å². The van der Waals surface area contributed by atoms with Gasteiger partial charge in [-0.2, -0.15) is 9.78 Å². The van der Waals surface area contributed by atoms with E-state index >= 15 is 0 Å². The number of anilines is 1. The summed E-state index contributed by atoms with van der Waals surface area (Å²) in [6, 6.07) is 0. The van der Waals surface area contributed by atoms with E-state index in [9.17, 15) is 4.79 Å². The highest BCUT2D eigenvalue weighted by Crippen LogP contribution is 2.19. The van der Waals surface area contributed by atoms with Crippen molar-refractivity contribution in [2.75, 3.05) is 5.73 Å². The Balaban J connectivity index is 2.26. The van der Waals surface area contributed by atoms with Crippen LogP contribution in [0.25, 0.3) is 17.0 Å². The number of aromatic nitrogens is 6. The maximum Gasteiger partial charge on any atom is 0.254 e. The van der Waals surface area contributed by atoms with E-state index in [1.54, 1.807) is 0 Å². The molecule has 0 aliphatic carbocycles. The van der Waals surface area contributed by atoms with Crippen LogP contribution < -0.4 is 11.5 Å². The second kappa shape index (κ2) is 3.52. The predicted octanol–water partition coefficient (Wildman–Crippen LogP) is -0.780. The molecule has 0 saturated carbocycles. The van der Waals surface area contributed by atoms with Crippen molar-refractivity contribution in [1.29, 1.82) is 0 Å². The SMILES string of the molecule is NC(=O)c1cnn(-c2ncnc3nc[nH]c23)c1N. The summed E-state index contributed by atoms with van der Waals surface area (Å²) < 4.78 is 1.31. The third kappa shape index (κ3) is 1.30. The molecule has 90 valence electrons. The van der Waals surface area contributed by atoms with Gasteiger partial charge in [-0.3, -0.25) is 4.79 Å². The van der Waals surface area contributed by atoms with Crippen LogP contribution >= 0.6 is 0 Å². The third-order valence-electron chi connectivity index (χ3n) is 2.48. The summed E-state index contributed by atoms with van der Waals surface area (Å²) in [6.45, 7) is 0. The normalized spacial score (nSPS) is 10.9. The molecule has 0 aliphatic rings. The van der Waals surface area contributed by atoms with Gasteiger partial charge in [-0.25, -0.2) is 15.0 Å². The molecule has 0 unspecified atom stereocenters. The molecule has 3 rings (SSSR count). The van der Waals surface area contributed by atoms with E-state index in [1.807, 2.05) is 0 Å². The van der Waals surface area contributed by atoms with Gasteiger partial charge in [-0.05, 0) is 0 Å². The number of primary amides is 1. The number of hydrogen-bond donors (Lipinski definition) is 3. The van der Waals surface area contributed by atoms with Gasteiger partial charge < -0.3 is 16.5 Å². The Bertz CT molecular complexity index is 742. The average Bonchev–Trinajstić information content (AvgIpc) is 2.94. The molecule has 18 heavy (non-hydrogen) atoms. The highest BCUT2D eigenvalue weighted by molar-refractivity contribution is 5.97. The maximum atomic E-state index is 11.1. The van der Waals surface area contributed by atoms with Crippen LogP contribution in [-0.4, -0.2) is 35.6 Å². The summed E-state index contributed by atoms with van der Waals surface area (Å²) in [5.41, 5.74) is 12.2. The lowest BCUT2D eigenvalue weighted by atomic mass is 10.3. The van der Waals surface area contributed by atoms with Crippen LogP contribution in [0.2, 0.25) is 0 Å². The van der Waals surface area contributed by atoms with E-state index in [1.165, 1.54) is 23.5 Å². The third-order valence-corrected chi connectivity index (χ3v) is 2.48. The largest absolute Gasteiger partial charge is 0.383 e. The number of nitrogens with zero attached hydrogens (tertiary/aromatic N) is 5. The molecule has 0 aliphatic heterocycles. The first kappa shape index (κ1) is 10.2. The molecule has 1 amide bonds. The topological polar surface area (TPSA) is 141 Å². The van der Waals surface area contributed by atoms with Gasteiger partial charge in [-0.15, -0.1) is 0 Å². The van der Waals surface area contributed by atoms with E-state index in [2.05, 4.69) is 25.0 Å². The molecule has 3 aromatic rings. The fourth-order valence-corrected chi connectivity index (χ4v) is 1.63. The number of nitrogens with one attached hydrogen (secondary N) is 1. The van der Waals surface area contributed by atoms with Gasteiger partial charge in [0.05, 0.1) is 12.5 Å². The summed E-state index contributed by atoms with van der Waals surface area (Å²) in [6.07, 6.45) is 4.11. The number of nitrogens with two attached hydrogens (primary N) is 2. The van der Waals surface area contributed by atoms with Gasteiger partial charge in [0.15, 0.2) is 11.5 Å². The zero-order valence-electron chi connectivity index (χ0n) is 9.03. The van der Waals surface area contributed by atoms with Crippen LogP contribution in [0.15, 0.2) is 18.9 Å². The van der Waals surface area contributed by atoms with Crippen molar-refractivity contribution in [3.8, 4) is 5.82 Å². The lowest BCUT2D eigenvalue weighted by Crippen LogP contribution is -2.13. The van der Waals surface area contributed by atoms with Crippen molar-refractivity contribution in [1.82, 2.24) is 29.7 Å². The minimum Gasteiger partial charge on any atom is -0.383 e. The van der Waals surface area contributed by atoms with Gasteiger partial charge in [0.25, 0.3) is 5.91 Å². The smallest absolute Gasteiger partial charge is 0.254 e. The standard InChI is InChI=1S/C9H8N8O/c10-6-4(7(11)18)1-16-17(6)9-5-8(13-2-12-5)14-3-15-9/h1-3H,10H2,(H2,11,18)(H,12,13,14,15). The number of rotatable bonds is 2. The first-order valence-electron chi connectivity index (χ1n) is 4.96. The van der Waals surface area contributed by atoms with E-state index < -0.39 is 5.91 Å². The second-order valence-electron chi connectivity index (χ2n) is 3.52. The van der Waals surface area contributed by atoms with E-state index in [-0.39, 0.29) is 11.4 Å². The second-order valence-corrected chi connectivity index (χ2v) is 3.52. The van der Waals surface area contributed by atoms with Crippen molar-refractivity contribution in [3.05, 3.63) is 24.4 Å². The molecule has 0 aromatic carbocycles. The molecule has 9 nitrogen and oxygen atoms in total. The summed E-state index contributed by atoms with van der Waals surface area (Å²) in [5.74, 6) is -0.117. The number of aromatic amines is 1. The Morgan fingerprint density at radius 3 is 2.89 bits per heavy atom.